The summed E-state index contributed by atoms with van der Waals surface area (Å²) >= 11 is 0. The van der Waals surface area contributed by atoms with Crippen LogP contribution in [0.3, 0.4) is 0 Å². The molecular formula is C19H23N. The van der Waals surface area contributed by atoms with E-state index >= 15 is 0 Å². The first-order chi connectivity index (χ1) is 9.75. The van der Waals surface area contributed by atoms with Crippen molar-refractivity contribution in [3.63, 3.8) is 0 Å². The van der Waals surface area contributed by atoms with Crippen LogP contribution in [0, 0.1) is 0 Å². The van der Waals surface area contributed by atoms with E-state index in [1.807, 2.05) is 0 Å². The predicted octanol–water partition coefficient (Wildman–Crippen LogP) is 4.76. The molecule has 3 rings (SSSR count). The Balaban J connectivity index is 1.74. The highest BCUT2D eigenvalue weighted by Gasteiger charge is 2.20. The predicted molar refractivity (Wildman–Crippen MR) is 84.8 cm³/mol. The molecule has 20 heavy (non-hydrogen) atoms. The quantitative estimate of drug-likeness (QED) is 0.847. The summed E-state index contributed by atoms with van der Waals surface area (Å²) in [4.78, 5) is 0. The smallest absolute Gasteiger partial charge is 0.0361 e. The molecule has 2 atom stereocenters. The van der Waals surface area contributed by atoms with Crippen LogP contribution in [0.4, 0.5) is 0 Å². The minimum absolute atomic E-state index is 0.0628. The van der Waals surface area contributed by atoms with Gasteiger partial charge in [-0.2, -0.15) is 0 Å². The molecule has 2 aromatic carbocycles. The van der Waals surface area contributed by atoms with E-state index in [-0.39, 0.29) is 6.04 Å². The average molecular weight is 265 g/mol. The van der Waals surface area contributed by atoms with Crippen molar-refractivity contribution in [2.24, 2.45) is 5.73 Å². The molecule has 1 saturated carbocycles. The molecule has 0 amide bonds. The van der Waals surface area contributed by atoms with E-state index < -0.39 is 0 Å². The first-order valence-corrected chi connectivity index (χ1v) is 7.66. The Morgan fingerprint density at radius 3 is 2.10 bits per heavy atom. The Morgan fingerprint density at radius 2 is 1.55 bits per heavy atom. The zero-order valence-electron chi connectivity index (χ0n) is 12.1. The van der Waals surface area contributed by atoms with Crippen molar-refractivity contribution >= 4 is 0 Å². The largest absolute Gasteiger partial charge is 0.323 e. The van der Waals surface area contributed by atoms with Crippen LogP contribution in [0.15, 0.2) is 54.6 Å². The second-order valence-corrected chi connectivity index (χ2v) is 6.02. The van der Waals surface area contributed by atoms with E-state index in [1.54, 1.807) is 0 Å². The number of hydrogen-bond acceptors (Lipinski definition) is 1. The second kappa shape index (κ2) is 5.80. The van der Waals surface area contributed by atoms with Gasteiger partial charge >= 0.3 is 0 Å². The zero-order valence-corrected chi connectivity index (χ0v) is 12.1. The number of rotatable bonds is 4. The second-order valence-electron chi connectivity index (χ2n) is 6.02. The molecule has 0 saturated heterocycles. The van der Waals surface area contributed by atoms with Crippen molar-refractivity contribution in [3.05, 3.63) is 71.3 Å². The molecule has 1 aliphatic rings. The third-order valence-corrected chi connectivity index (χ3v) is 4.76. The van der Waals surface area contributed by atoms with Gasteiger partial charge in [-0.15, -0.1) is 0 Å². The molecule has 0 aromatic heterocycles. The SMILES string of the molecule is CC(c1ccccc1)C(N)c1ccc(C2CCC2)cc1. The Labute approximate surface area is 121 Å². The molecule has 1 fully saturated rings. The molecule has 2 unspecified atom stereocenters. The van der Waals surface area contributed by atoms with Crippen molar-refractivity contribution in [2.75, 3.05) is 0 Å². The molecular weight excluding hydrogens is 242 g/mol. The van der Waals surface area contributed by atoms with Crippen molar-refractivity contribution in [1.29, 1.82) is 0 Å². The van der Waals surface area contributed by atoms with Gasteiger partial charge in [0.25, 0.3) is 0 Å². The van der Waals surface area contributed by atoms with E-state index in [0.29, 0.717) is 5.92 Å². The fourth-order valence-corrected chi connectivity index (χ4v) is 2.98. The Bertz CT molecular complexity index is 540. The molecule has 104 valence electrons. The summed E-state index contributed by atoms with van der Waals surface area (Å²) in [6.07, 6.45) is 4.09. The lowest BCUT2D eigenvalue weighted by Crippen LogP contribution is -2.18. The third kappa shape index (κ3) is 2.64. The topological polar surface area (TPSA) is 26.0 Å². The molecule has 1 nitrogen and oxygen atoms in total. The monoisotopic (exact) mass is 265 g/mol. The van der Waals surface area contributed by atoms with Gasteiger partial charge in [0.05, 0.1) is 0 Å². The lowest BCUT2D eigenvalue weighted by molar-refractivity contribution is 0.419. The summed E-state index contributed by atoms with van der Waals surface area (Å²) in [7, 11) is 0. The van der Waals surface area contributed by atoms with Crippen LogP contribution in [-0.2, 0) is 0 Å². The van der Waals surface area contributed by atoms with Crippen LogP contribution in [0.5, 0.6) is 0 Å². The standard InChI is InChI=1S/C19H23N/c1-14(15-6-3-2-4-7-15)19(20)18-12-10-17(11-13-18)16-8-5-9-16/h2-4,6-7,10-14,16,19H,5,8-9,20H2,1H3. The average Bonchev–Trinajstić information content (AvgIpc) is 2.46. The maximum Gasteiger partial charge on any atom is 0.0361 e. The van der Waals surface area contributed by atoms with Gasteiger partial charge in [0, 0.05) is 12.0 Å². The highest BCUT2D eigenvalue weighted by atomic mass is 14.6. The molecule has 0 bridgehead atoms. The first-order valence-electron chi connectivity index (χ1n) is 7.66. The van der Waals surface area contributed by atoms with Crippen LogP contribution in [0.1, 0.15) is 60.8 Å². The fourth-order valence-electron chi connectivity index (χ4n) is 2.98. The third-order valence-electron chi connectivity index (χ3n) is 4.76. The van der Waals surface area contributed by atoms with Gasteiger partial charge in [-0.05, 0) is 35.4 Å². The summed E-state index contributed by atoms with van der Waals surface area (Å²) in [6.45, 7) is 2.21. The van der Waals surface area contributed by atoms with Crippen LogP contribution >= 0.6 is 0 Å². The van der Waals surface area contributed by atoms with E-state index in [0.717, 1.165) is 5.92 Å². The van der Waals surface area contributed by atoms with Gasteiger partial charge in [-0.25, -0.2) is 0 Å². The lowest BCUT2D eigenvalue weighted by atomic mass is 9.79. The molecule has 2 N–H and O–H groups in total. The van der Waals surface area contributed by atoms with E-state index in [4.69, 9.17) is 5.73 Å². The number of hydrogen-bond donors (Lipinski definition) is 1. The summed E-state index contributed by atoms with van der Waals surface area (Å²) in [6, 6.07) is 19.6. The lowest BCUT2D eigenvalue weighted by Gasteiger charge is -2.26. The van der Waals surface area contributed by atoms with Crippen LogP contribution in [0.2, 0.25) is 0 Å². The number of benzene rings is 2. The molecule has 2 aromatic rings. The first kappa shape index (κ1) is 13.4. The molecule has 1 heteroatoms. The van der Waals surface area contributed by atoms with Crippen LogP contribution < -0.4 is 5.73 Å². The highest BCUT2D eigenvalue weighted by Crippen LogP contribution is 2.37. The van der Waals surface area contributed by atoms with Crippen molar-refractivity contribution in [2.45, 2.75) is 44.1 Å². The molecule has 0 spiro atoms. The molecule has 1 aliphatic carbocycles. The summed E-state index contributed by atoms with van der Waals surface area (Å²) in [5.41, 5.74) is 10.5. The van der Waals surface area contributed by atoms with Gasteiger partial charge < -0.3 is 5.73 Å². The van der Waals surface area contributed by atoms with Crippen molar-refractivity contribution in [1.82, 2.24) is 0 Å². The zero-order chi connectivity index (χ0) is 13.9. The van der Waals surface area contributed by atoms with Gasteiger partial charge in [0.15, 0.2) is 0 Å². The summed E-state index contributed by atoms with van der Waals surface area (Å²) < 4.78 is 0. The van der Waals surface area contributed by atoms with Crippen molar-refractivity contribution < 1.29 is 0 Å². The Morgan fingerprint density at radius 1 is 0.900 bits per heavy atom. The van der Waals surface area contributed by atoms with Crippen LogP contribution in [-0.4, -0.2) is 0 Å². The van der Waals surface area contributed by atoms with E-state index in [2.05, 4.69) is 61.5 Å². The Hall–Kier alpha value is -1.60. The maximum atomic E-state index is 6.44. The van der Waals surface area contributed by atoms with E-state index in [1.165, 1.54) is 36.0 Å². The van der Waals surface area contributed by atoms with Gasteiger partial charge in [-0.1, -0.05) is 67.9 Å². The van der Waals surface area contributed by atoms with Crippen LogP contribution in [0.25, 0.3) is 0 Å². The molecule has 0 heterocycles. The van der Waals surface area contributed by atoms with Crippen molar-refractivity contribution in [3.8, 4) is 0 Å². The normalized spacial score (nSPS) is 18.3. The highest BCUT2D eigenvalue weighted by molar-refractivity contribution is 5.31. The van der Waals surface area contributed by atoms with Gasteiger partial charge in [-0.3, -0.25) is 0 Å². The maximum absolute atomic E-state index is 6.44. The van der Waals surface area contributed by atoms with Gasteiger partial charge in [0.1, 0.15) is 0 Å². The Kier molecular flexibility index (Phi) is 3.88. The molecule has 0 aliphatic heterocycles. The minimum atomic E-state index is 0.0628. The van der Waals surface area contributed by atoms with Gasteiger partial charge in [0.2, 0.25) is 0 Å². The number of nitrogens with two attached hydrogens (primary N) is 1. The molecule has 0 radical (unpaired) electrons. The fraction of sp³-hybridized carbons (Fsp3) is 0.368. The summed E-state index contributed by atoms with van der Waals surface area (Å²) in [5, 5.41) is 0. The minimum Gasteiger partial charge on any atom is -0.323 e. The summed E-state index contributed by atoms with van der Waals surface area (Å²) in [5.74, 6) is 1.14. The van der Waals surface area contributed by atoms with E-state index in [9.17, 15) is 0 Å².